The van der Waals surface area contributed by atoms with Crippen LogP contribution in [0.3, 0.4) is 0 Å². The number of nitrogens with zero attached hydrogens (tertiary/aromatic N) is 2. The Labute approximate surface area is 130 Å². The Morgan fingerprint density at radius 2 is 1.76 bits per heavy atom. The number of hydrogen-bond donors (Lipinski definition) is 0. The molecule has 6 heteroatoms. The molecule has 0 aliphatic heterocycles. The number of thioether (sulfide) groups is 1. The number of methoxy groups -OCH3 is 2. The molecule has 0 aliphatic rings. The predicted octanol–water partition coefficient (Wildman–Crippen LogP) is 3.51. The van der Waals surface area contributed by atoms with E-state index in [-0.39, 0.29) is 5.25 Å². The van der Waals surface area contributed by atoms with Gasteiger partial charge in [0.25, 0.3) is 0 Å². The smallest absolute Gasteiger partial charge is 0.220 e. The van der Waals surface area contributed by atoms with Gasteiger partial charge in [-0.3, -0.25) is 0 Å². The van der Waals surface area contributed by atoms with Crippen LogP contribution < -0.4 is 9.47 Å². The zero-order chi connectivity index (χ0) is 15.5. The summed E-state index contributed by atoms with van der Waals surface area (Å²) in [5, 5.41) is 0.389. The summed E-state index contributed by atoms with van der Waals surface area (Å²) < 4.78 is 10.2. The first-order valence-electron chi connectivity index (χ1n) is 7.32. The highest BCUT2D eigenvalue weighted by atomic mass is 32.2. The van der Waals surface area contributed by atoms with Crippen LogP contribution in [0.15, 0.2) is 11.2 Å². The van der Waals surface area contributed by atoms with E-state index in [2.05, 4.69) is 16.9 Å². The van der Waals surface area contributed by atoms with Gasteiger partial charge in [0.1, 0.15) is 6.29 Å². The van der Waals surface area contributed by atoms with Crippen molar-refractivity contribution in [2.45, 2.75) is 55.9 Å². The van der Waals surface area contributed by atoms with Gasteiger partial charge < -0.3 is 14.3 Å². The average molecular weight is 312 g/mol. The number of aldehydes is 1. The Balaban J connectivity index is 2.53. The Morgan fingerprint density at radius 3 is 2.29 bits per heavy atom. The minimum atomic E-state index is -0.122. The van der Waals surface area contributed by atoms with E-state index in [4.69, 9.17) is 9.47 Å². The molecule has 5 nitrogen and oxygen atoms in total. The number of unbranched alkanes of at least 4 members (excludes halogenated alkanes) is 4. The van der Waals surface area contributed by atoms with Crippen molar-refractivity contribution in [3.63, 3.8) is 0 Å². The second kappa shape index (κ2) is 10.4. The first kappa shape index (κ1) is 17.8. The van der Waals surface area contributed by atoms with Crippen molar-refractivity contribution in [1.29, 1.82) is 0 Å². The quantitative estimate of drug-likeness (QED) is 0.270. The lowest BCUT2D eigenvalue weighted by Gasteiger charge is -2.10. The van der Waals surface area contributed by atoms with Crippen molar-refractivity contribution in [3.05, 3.63) is 6.07 Å². The number of carbonyl (C=O) groups excluding carboxylic acids is 1. The SMILES string of the molecule is CCCCCCCC(C=O)Sc1nc(OC)cc(OC)n1. The molecule has 0 aliphatic carbocycles. The van der Waals surface area contributed by atoms with Gasteiger partial charge in [0, 0.05) is 0 Å². The maximum atomic E-state index is 11.2. The zero-order valence-corrected chi connectivity index (χ0v) is 13.8. The van der Waals surface area contributed by atoms with Crippen molar-refractivity contribution < 1.29 is 14.3 Å². The van der Waals surface area contributed by atoms with E-state index in [0.717, 1.165) is 19.1 Å². The molecule has 0 fully saturated rings. The van der Waals surface area contributed by atoms with Gasteiger partial charge in [0.15, 0.2) is 5.16 Å². The molecule has 1 aromatic heterocycles. The van der Waals surface area contributed by atoms with E-state index in [1.54, 1.807) is 20.3 Å². The van der Waals surface area contributed by atoms with Gasteiger partial charge in [0.2, 0.25) is 11.8 Å². The highest BCUT2D eigenvalue weighted by molar-refractivity contribution is 8.00. The molecule has 0 aromatic carbocycles. The van der Waals surface area contributed by atoms with E-state index in [9.17, 15) is 4.79 Å². The fourth-order valence-electron chi connectivity index (χ4n) is 1.88. The molecular formula is C15H24N2O3S. The molecule has 0 N–H and O–H groups in total. The third kappa shape index (κ3) is 6.80. The molecule has 21 heavy (non-hydrogen) atoms. The molecular weight excluding hydrogens is 288 g/mol. The summed E-state index contributed by atoms with van der Waals surface area (Å²) in [7, 11) is 3.09. The summed E-state index contributed by atoms with van der Waals surface area (Å²) in [4.78, 5) is 19.7. The summed E-state index contributed by atoms with van der Waals surface area (Å²) in [5.74, 6) is 0.883. The third-order valence-corrected chi connectivity index (χ3v) is 4.12. The van der Waals surface area contributed by atoms with Crippen LogP contribution in [0, 0.1) is 0 Å². The number of aromatic nitrogens is 2. The highest BCUT2D eigenvalue weighted by Gasteiger charge is 2.13. The molecule has 1 unspecified atom stereocenters. The second-order valence-electron chi connectivity index (χ2n) is 4.73. The molecule has 1 atom stereocenters. The zero-order valence-electron chi connectivity index (χ0n) is 13.0. The minimum absolute atomic E-state index is 0.122. The minimum Gasteiger partial charge on any atom is -0.481 e. The molecule has 0 saturated carbocycles. The van der Waals surface area contributed by atoms with Crippen molar-refractivity contribution in [1.82, 2.24) is 9.97 Å². The molecule has 0 amide bonds. The molecule has 118 valence electrons. The monoisotopic (exact) mass is 312 g/mol. The van der Waals surface area contributed by atoms with Gasteiger partial charge in [-0.15, -0.1) is 0 Å². The maximum absolute atomic E-state index is 11.2. The Hall–Kier alpha value is -1.30. The summed E-state index contributed by atoms with van der Waals surface area (Å²) in [6, 6.07) is 1.62. The molecule has 0 spiro atoms. The largest absolute Gasteiger partial charge is 0.481 e. The van der Waals surface area contributed by atoms with Gasteiger partial charge in [-0.2, -0.15) is 9.97 Å². The van der Waals surface area contributed by atoms with Gasteiger partial charge in [-0.1, -0.05) is 50.8 Å². The first-order valence-corrected chi connectivity index (χ1v) is 8.20. The summed E-state index contributed by atoms with van der Waals surface area (Å²) in [6.07, 6.45) is 7.76. The molecule has 0 bridgehead atoms. The van der Waals surface area contributed by atoms with Gasteiger partial charge in [0.05, 0.1) is 25.5 Å². The van der Waals surface area contributed by atoms with Crippen molar-refractivity contribution >= 4 is 18.0 Å². The normalized spacial score (nSPS) is 12.0. The fourth-order valence-corrected chi connectivity index (χ4v) is 2.78. The Bertz CT molecular complexity index is 407. The Morgan fingerprint density at radius 1 is 1.14 bits per heavy atom. The maximum Gasteiger partial charge on any atom is 0.220 e. The number of ether oxygens (including phenoxy) is 2. The first-order chi connectivity index (χ1) is 10.2. The molecule has 0 radical (unpaired) electrons. The molecule has 1 rings (SSSR count). The number of carbonyl (C=O) groups is 1. The van der Waals surface area contributed by atoms with E-state index in [1.165, 1.54) is 37.4 Å². The van der Waals surface area contributed by atoms with Crippen LogP contribution in [-0.4, -0.2) is 35.7 Å². The fraction of sp³-hybridized carbons (Fsp3) is 0.667. The lowest BCUT2D eigenvalue weighted by molar-refractivity contribution is -0.107. The van der Waals surface area contributed by atoms with Gasteiger partial charge >= 0.3 is 0 Å². The summed E-state index contributed by atoms with van der Waals surface area (Å²) in [5.41, 5.74) is 0. The predicted molar refractivity (Wildman–Crippen MR) is 84.2 cm³/mol. The lowest BCUT2D eigenvalue weighted by atomic mass is 10.1. The summed E-state index contributed by atoms with van der Waals surface area (Å²) >= 11 is 1.36. The van der Waals surface area contributed by atoms with Crippen LogP contribution in [0.5, 0.6) is 11.8 Å². The van der Waals surface area contributed by atoms with Gasteiger partial charge in [-0.25, -0.2) is 0 Å². The molecule has 1 heterocycles. The molecule has 0 saturated heterocycles. The van der Waals surface area contributed by atoms with Crippen molar-refractivity contribution in [3.8, 4) is 11.8 Å². The van der Waals surface area contributed by atoms with Crippen molar-refractivity contribution in [2.75, 3.05) is 14.2 Å². The third-order valence-electron chi connectivity index (χ3n) is 3.08. The molecule has 1 aromatic rings. The lowest BCUT2D eigenvalue weighted by Crippen LogP contribution is -2.06. The van der Waals surface area contributed by atoms with E-state index in [1.807, 2.05) is 0 Å². The van der Waals surface area contributed by atoms with E-state index in [0.29, 0.717) is 16.9 Å². The van der Waals surface area contributed by atoms with Crippen LogP contribution in [0.25, 0.3) is 0 Å². The van der Waals surface area contributed by atoms with E-state index < -0.39 is 0 Å². The summed E-state index contributed by atoms with van der Waals surface area (Å²) in [6.45, 7) is 2.19. The van der Waals surface area contributed by atoms with Crippen LogP contribution in [-0.2, 0) is 4.79 Å². The standard InChI is InChI=1S/C15H24N2O3S/c1-4-5-6-7-8-9-12(11-18)21-15-16-13(19-2)10-14(17-15)20-3/h10-12H,4-9H2,1-3H3. The number of rotatable bonds is 11. The van der Waals surface area contributed by atoms with Crippen LogP contribution in [0.1, 0.15) is 45.4 Å². The van der Waals surface area contributed by atoms with Gasteiger partial charge in [-0.05, 0) is 6.42 Å². The second-order valence-corrected chi connectivity index (χ2v) is 5.94. The van der Waals surface area contributed by atoms with Crippen molar-refractivity contribution in [2.24, 2.45) is 0 Å². The topological polar surface area (TPSA) is 61.3 Å². The van der Waals surface area contributed by atoms with Crippen LogP contribution >= 0.6 is 11.8 Å². The average Bonchev–Trinajstić information content (AvgIpc) is 2.53. The highest BCUT2D eigenvalue weighted by Crippen LogP contribution is 2.26. The Kier molecular flexibility index (Phi) is 8.82. The number of hydrogen-bond acceptors (Lipinski definition) is 6. The van der Waals surface area contributed by atoms with Crippen LogP contribution in [0.4, 0.5) is 0 Å². The van der Waals surface area contributed by atoms with E-state index >= 15 is 0 Å². The van der Waals surface area contributed by atoms with Crippen LogP contribution in [0.2, 0.25) is 0 Å².